The van der Waals surface area contributed by atoms with E-state index in [1.54, 1.807) is 12.1 Å². The van der Waals surface area contributed by atoms with Crippen molar-refractivity contribution in [2.45, 2.75) is 51.0 Å². The average Bonchev–Trinajstić information content (AvgIpc) is 2.54. The minimum atomic E-state index is -1.01. The molecule has 0 radical (unpaired) electrons. The van der Waals surface area contributed by atoms with Gasteiger partial charge in [-0.15, -0.1) is 0 Å². The van der Waals surface area contributed by atoms with Crippen molar-refractivity contribution >= 4 is 11.9 Å². The van der Waals surface area contributed by atoms with Crippen LogP contribution in [0.4, 0.5) is 0 Å². The van der Waals surface area contributed by atoms with Crippen LogP contribution < -0.4 is 5.32 Å². The number of carboxylic acid groups (broad SMARTS) is 1. The van der Waals surface area contributed by atoms with Crippen molar-refractivity contribution < 1.29 is 19.8 Å². The Hall–Kier alpha value is -2.04. The molecule has 0 aliphatic heterocycles. The summed E-state index contributed by atoms with van der Waals surface area (Å²) in [5.74, 6) is 1.03. The highest BCUT2D eigenvalue weighted by Crippen LogP contribution is 2.60. The third kappa shape index (κ3) is 3.12. The second-order valence-corrected chi connectivity index (χ2v) is 8.43. The quantitative estimate of drug-likeness (QED) is 0.767. The molecule has 1 atom stereocenters. The number of benzene rings is 1. The minimum absolute atomic E-state index is 0.0576. The number of carbonyl (C=O) groups excluding carboxylic acids is 1. The second-order valence-electron chi connectivity index (χ2n) is 8.43. The normalized spacial score (nSPS) is 33.8. The zero-order valence-corrected chi connectivity index (χ0v) is 14.3. The van der Waals surface area contributed by atoms with E-state index < -0.39 is 12.0 Å². The number of carboxylic acids is 1. The highest BCUT2D eigenvalue weighted by molar-refractivity contribution is 5.88. The second kappa shape index (κ2) is 6.04. The maximum atomic E-state index is 13.0. The Morgan fingerprint density at radius 2 is 1.56 bits per heavy atom. The van der Waals surface area contributed by atoms with Crippen LogP contribution in [0.3, 0.4) is 0 Å². The third-order valence-corrected chi connectivity index (χ3v) is 6.50. The van der Waals surface area contributed by atoms with Gasteiger partial charge in [0.15, 0.2) is 0 Å². The van der Waals surface area contributed by atoms with E-state index in [1.807, 2.05) is 0 Å². The number of carbonyl (C=O) groups is 2. The summed E-state index contributed by atoms with van der Waals surface area (Å²) in [5.41, 5.74) is 0.452. The number of aliphatic carboxylic acids is 1. The van der Waals surface area contributed by atoms with E-state index in [-0.39, 0.29) is 23.5 Å². The van der Waals surface area contributed by atoms with Gasteiger partial charge in [-0.05, 0) is 74.0 Å². The SMILES string of the molecule is O=C(O)[C@@H](Cc1ccc(O)cc1)NC(=O)C12CC3CC(CC(C3)C1)C2. The van der Waals surface area contributed by atoms with Crippen molar-refractivity contribution in [3.8, 4) is 5.75 Å². The lowest BCUT2D eigenvalue weighted by atomic mass is 9.49. The van der Waals surface area contributed by atoms with Gasteiger partial charge < -0.3 is 15.5 Å². The number of aromatic hydroxyl groups is 1. The lowest BCUT2D eigenvalue weighted by molar-refractivity contribution is -0.151. The number of nitrogens with one attached hydrogen (secondary N) is 1. The topological polar surface area (TPSA) is 86.6 Å². The van der Waals surface area contributed by atoms with Crippen LogP contribution in [0.2, 0.25) is 0 Å². The van der Waals surface area contributed by atoms with Crippen LogP contribution in [0.25, 0.3) is 0 Å². The summed E-state index contributed by atoms with van der Waals surface area (Å²) in [4.78, 5) is 24.7. The van der Waals surface area contributed by atoms with Gasteiger partial charge in [0.05, 0.1) is 0 Å². The van der Waals surface area contributed by atoms with Crippen molar-refractivity contribution in [2.24, 2.45) is 23.2 Å². The van der Waals surface area contributed by atoms with Gasteiger partial charge in [-0.1, -0.05) is 12.1 Å². The number of hydrogen-bond donors (Lipinski definition) is 3. The van der Waals surface area contributed by atoms with Crippen molar-refractivity contribution in [3.63, 3.8) is 0 Å². The highest BCUT2D eigenvalue weighted by atomic mass is 16.4. The Morgan fingerprint density at radius 1 is 1.04 bits per heavy atom. The number of amides is 1. The number of phenols is 1. The summed E-state index contributed by atoms with van der Waals surface area (Å²) >= 11 is 0. The molecule has 4 saturated carbocycles. The van der Waals surface area contributed by atoms with Crippen LogP contribution >= 0.6 is 0 Å². The predicted octanol–water partition coefficient (Wildman–Crippen LogP) is 2.72. The maximum absolute atomic E-state index is 13.0. The van der Waals surface area contributed by atoms with Crippen molar-refractivity contribution in [2.75, 3.05) is 0 Å². The van der Waals surface area contributed by atoms with Crippen molar-refractivity contribution in [1.82, 2.24) is 5.32 Å². The zero-order chi connectivity index (χ0) is 17.6. The fourth-order valence-corrected chi connectivity index (χ4v) is 5.77. The number of rotatable bonds is 5. The van der Waals surface area contributed by atoms with E-state index in [0.717, 1.165) is 24.8 Å². The standard InChI is InChI=1S/C20H25NO4/c22-16-3-1-12(2-4-16)8-17(18(23)24)21-19(25)20-9-13-5-14(10-20)7-15(6-13)11-20/h1-4,13-15,17,22H,5-11H2,(H,21,25)(H,23,24)/t13?,14?,15?,17-,20?/m1/s1. The zero-order valence-electron chi connectivity index (χ0n) is 14.3. The first-order chi connectivity index (χ1) is 11.9. The Kier molecular flexibility index (Phi) is 3.97. The first kappa shape index (κ1) is 16.4. The molecule has 4 bridgehead atoms. The van der Waals surface area contributed by atoms with E-state index in [4.69, 9.17) is 0 Å². The van der Waals surface area contributed by atoms with Crippen molar-refractivity contribution in [3.05, 3.63) is 29.8 Å². The fourth-order valence-electron chi connectivity index (χ4n) is 5.77. The number of phenolic OH excluding ortho intramolecular Hbond substituents is 1. The molecule has 0 spiro atoms. The van der Waals surface area contributed by atoms with Crippen molar-refractivity contribution in [1.29, 1.82) is 0 Å². The summed E-state index contributed by atoms with van der Waals surface area (Å²) in [7, 11) is 0. The molecular formula is C20H25NO4. The summed E-state index contributed by atoms with van der Waals surface area (Å²) in [5, 5.41) is 21.7. The van der Waals surface area contributed by atoms with Crippen LogP contribution in [0.5, 0.6) is 5.75 Å². The first-order valence-electron chi connectivity index (χ1n) is 9.25. The van der Waals surface area contributed by atoms with Crippen LogP contribution in [0.15, 0.2) is 24.3 Å². The van der Waals surface area contributed by atoms with E-state index in [2.05, 4.69) is 5.32 Å². The Labute approximate surface area is 147 Å². The molecule has 25 heavy (non-hydrogen) atoms. The predicted molar refractivity (Wildman–Crippen MR) is 92.0 cm³/mol. The van der Waals surface area contributed by atoms with E-state index in [9.17, 15) is 19.8 Å². The van der Waals surface area contributed by atoms with Crippen LogP contribution in [0, 0.1) is 23.2 Å². The molecule has 4 aliphatic carbocycles. The van der Waals surface area contributed by atoms with Crippen LogP contribution in [-0.2, 0) is 16.0 Å². The molecule has 3 N–H and O–H groups in total. The minimum Gasteiger partial charge on any atom is -0.508 e. The molecule has 5 rings (SSSR count). The summed E-state index contributed by atoms with van der Waals surface area (Å²) in [6.07, 6.45) is 6.77. The van der Waals surface area contributed by atoms with Gasteiger partial charge in [0.1, 0.15) is 11.8 Å². The molecule has 5 nitrogen and oxygen atoms in total. The summed E-state index contributed by atoms with van der Waals surface area (Å²) in [6.45, 7) is 0. The highest BCUT2D eigenvalue weighted by Gasteiger charge is 2.54. The Balaban J connectivity index is 1.47. The van der Waals surface area contributed by atoms with Gasteiger partial charge in [0, 0.05) is 11.8 Å². The summed E-state index contributed by atoms with van der Waals surface area (Å²) in [6, 6.07) is 5.54. The van der Waals surface area contributed by atoms with Gasteiger partial charge in [0.2, 0.25) is 5.91 Å². The smallest absolute Gasteiger partial charge is 0.326 e. The number of hydrogen-bond acceptors (Lipinski definition) is 3. The van der Waals surface area contributed by atoms with Gasteiger partial charge in [-0.2, -0.15) is 0 Å². The average molecular weight is 343 g/mol. The molecule has 0 heterocycles. The molecule has 1 aromatic carbocycles. The Morgan fingerprint density at radius 3 is 2.04 bits per heavy atom. The largest absolute Gasteiger partial charge is 0.508 e. The first-order valence-corrected chi connectivity index (χ1v) is 9.25. The maximum Gasteiger partial charge on any atom is 0.326 e. The van der Waals surface area contributed by atoms with E-state index in [0.29, 0.717) is 17.8 Å². The Bertz CT molecular complexity index is 646. The molecule has 0 unspecified atom stereocenters. The van der Waals surface area contributed by atoms with Gasteiger partial charge in [-0.3, -0.25) is 4.79 Å². The lowest BCUT2D eigenvalue weighted by Crippen LogP contribution is -2.56. The lowest BCUT2D eigenvalue weighted by Gasteiger charge is -2.55. The van der Waals surface area contributed by atoms with E-state index >= 15 is 0 Å². The summed E-state index contributed by atoms with van der Waals surface area (Å²) < 4.78 is 0. The molecule has 0 aromatic heterocycles. The van der Waals surface area contributed by atoms with Crippen LogP contribution in [-0.4, -0.2) is 28.1 Å². The molecule has 134 valence electrons. The molecular weight excluding hydrogens is 318 g/mol. The monoisotopic (exact) mass is 343 g/mol. The molecule has 1 aromatic rings. The molecule has 1 amide bonds. The van der Waals surface area contributed by atoms with Gasteiger partial charge in [-0.25, -0.2) is 4.79 Å². The fraction of sp³-hybridized carbons (Fsp3) is 0.600. The third-order valence-electron chi connectivity index (χ3n) is 6.50. The van der Waals surface area contributed by atoms with Crippen LogP contribution in [0.1, 0.15) is 44.1 Å². The molecule has 4 aliphatic rings. The molecule has 4 fully saturated rings. The van der Waals surface area contributed by atoms with Gasteiger partial charge >= 0.3 is 5.97 Å². The van der Waals surface area contributed by atoms with Gasteiger partial charge in [0.25, 0.3) is 0 Å². The molecule has 0 saturated heterocycles. The molecule has 5 heteroatoms. The van der Waals surface area contributed by atoms with E-state index in [1.165, 1.54) is 31.4 Å².